The Balaban J connectivity index is 1.92. The third-order valence-corrected chi connectivity index (χ3v) is 3.87. The Bertz CT molecular complexity index is 418. The van der Waals surface area contributed by atoms with Crippen LogP contribution in [0.2, 0.25) is 0 Å². The van der Waals surface area contributed by atoms with Crippen LogP contribution in [0, 0.1) is 13.8 Å². The second kappa shape index (κ2) is 7.07. The Morgan fingerprint density at radius 3 is 2.65 bits per heavy atom. The topological polar surface area (TPSA) is 50.7 Å². The summed E-state index contributed by atoms with van der Waals surface area (Å²) in [4.78, 5) is 0. The van der Waals surface area contributed by atoms with Gasteiger partial charge in [-0.05, 0) is 55.5 Å². The van der Waals surface area contributed by atoms with Gasteiger partial charge in [0.05, 0.1) is 19.3 Å². The molecule has 4 heteroatoms. The molecule has 2 rings (SSSR count). The molecule has 20 heavy (non-hydrogen) atoms. The predicted molar refractivity (Wildman–Crippen MR) is 79.3 cm³/mol. The maximum atomic E-state index is 10.4. The maximum absolute atomic E-state index is 10.4. The molecule has 112 valence electrons. The van der Waals surface area contributed by atoms with Gasteiger partial charge in [0.15, 0.2) is 0 Å². The van der Waals surface area contributed by atoms with Gasteiger partial charge >= 0.3 is 0 Å². The van der Waals surface area contributed by atoms with E-state index < -0.39 is 6.10 Å². The summed E-state index contributed by atoms with van der Waals surface area (Å²) in [5.74, 6) is 0.836. The first-order chi connectivity index (χ1) is 9.61. The molecule has 0 amide bonds. The lowest BCUT2D eigenvalue weighted by molar-refractivity contribution is 0.103. The number of hydrogen-bond donors (Lipinski definition) is 2. The van der Waals surface area contributed by atoms with Gasteiger partial charge in [-0.1, -0.05) is 0 Å². The highest BCUT2D eigenvalue weighted by molar-refractivity contribution is 5.42. The molecule has 0 saturated carbocycles. The SMILES string of the molecule is COc1cc(C)c(C(O)CNCC2CCCO2)c(C)c1. The predicted octanol–water partition coefficient (Wildman–Crippen LogP) is 2.11. The highest BCUT2D eigenvalue weighted by Crippen LogP contribution is 2.26. The first-order valence-corrected chi connectivity index (χ1v) is 7.27. The van der Waals surface area contributed by atoms with Gasteiger partial charge in [0, 0.05) is 19.7 Å². The van der Waals surface area contributed by atoms with Crippen LogP contribution in [0.25, 0.3) is 0 Å². The molecule has 1 aliphatic heterocycles. The average molecular weight is 279 g/mol. The van der Waals surface area contributed by atoms with E-state index in [-0.39, 0.29) is 0 Å². The van der Waals surface area contributed by atoms with Crippen LogP contribution < -0.4 is 10.1 Å². The molecule has 2 atom stereocenters. The number of rotatable bonds is 6. The van der Waals surface area contributed by atoms with Crippen molar-refractivity contribution in [3.8, 4) is 5.75 Å². The molecule has 1 heterocycles. The Labute approximate surface area is 121 Å². The fourth-order valence-corrected chi connectivity index (χ4v) is 2.87. The van der Waals surface area contributed by atoms with Crippen molar-refractivity contribution in [3.63, 3.8) is 0 Å². The standard InChI is InChI=1S/C16H25NO3/c1-11-7-14(19-3)8-12(2)16(11)15(18)10-17-9-13-5-4-6-20-13/h7-8,13,15,17-18H,4-6,9-10H2,1-3H3. The van der Waals surface area contributed by atoms with Crippen LogP contribution in [0.1, 0.15) is 35.6 Å². The summed E-state index contributed by atoms with van der Waals surface area (Å²) >= 11 is 0. The zero-order valence-corrected chi connectivity index (χ0v) is 12.6. The molecular formula is C16H25NO3. The second-order valence-corrected chi connectivity index (χ2v) is 5.48. The van der Waals surface area contributed by atoms with Gasteiger partial charge in [-0.25, -0.2) is 0 Å². The van der Waals surface area contributed by atoms with E-state index in [0.29, 0.717) is 12.6 Å². The molecule has 2 unspecified atom stereocenters. The Hall–Kier alpha value is -1.10. The molecule has 0 bridgehead atoms. The second-order valence-electron chi connectivity index (χ2n) is 5.48. The van der Waals surface area contributed by atoms with E-state index in [4.69, 9.17) is 9.47 Å². The molecule has 2 N–H and O–H groups in total. The molecular weight excluding hydrogens is 254 g/mol. The van der Waals surface area contributed by atoms with Crippen LogP contribution in [0.4, 0.5) is 0 Å². The number of methoxy groups -OCH3 is 1. The third kappa shape index (κ3) is 3.72. The van der Waals surface area contributed by atoms with E-state index in [0.717, 1.165) is 48.4 Å². The molecule has 1 aromatic rings. The van der Waals surface area contributed by atoms with Crippen LogP contribution in [0.3, 0.4) is 0 Å². The van der Waals surface area contributed by atoms with Crippen molar-refractivity contribution in [2.45, 2.75) is 38.9 Å². The number of hydrogen-bond acceptors (Lipinski definition) is 4. The van der Waals surface area contributed by atoms with Gasteiger partial charge in [0.2, 0.25) is 0 Å². The van der Waals surface area contributed by atoms with Gasteiger partial charge < -0.3 is 19.9 Å². The highest BCUT2D eigenvalue weighted by atomic mass is 16.5. The van der Waals surface area contributed by atoms with Crippen LogP contribution in [-0.2, 0) is 4.74 Å². The monoisotopic (exact) mass is 279 g/mol. The molecule has 0 aliphatic carbocycles. The minimum absolute atomic E-state index is 0.306. The van der Waals surface area contributed by atoms with Crippen molar-refractivity contribution in [3.05, 3.63) is 28.8 Å². The van der Waals surface area contributed by atoms with Gasteiger partial charge in [-0.2, -0.15) is 0 Å². The summed E-state index contributed by atoms with van der Waals surface area (Å²) in [6, 6.07) is 3.93. The first kappa shape index (κ1) is 15.3. The highest BCUT2D eigenvalue weighted by Gasteiger charge is 2.17. The van der Waals surface area contributed by atoms with E-state index in [1.54, 1.807) is 7.11 Å². The quantitative estimate of drug-likeness (QED) is 0.837. The molecule has 0 radical (unpaired) electrons. The fraction of sp³-hybridized carbons (Fsp3) is 0.625. The number of aryl methyl sites for hydroxylation is 2. The van der Waals surface area contributed by atoms with E-state index in [9.17, 15) is 5.11 Å². The largest absolute Gasteiger partial charge is 0.497 e. The molecule has 0 aromatic heterocycles. The van der Waals surface area contributed by atoms with Crippen LogP contribution in [-0.4, -0.2) is 38.0 Å². The molecule has 0 spiro atoms. The summed E-state index contributed by atoms with van der Waals surface area (Å²) in [6.45, 7) is 6.24. The number of nitrogens with one attached hydrogen (secondary N) is 1. The van der Waals surface area contributed by atoms with E-state index in [1.807, 2.05) is 26.0 Å². The lowest BCUT2D eigenvalue weighted by Crippen LogP contribution is -2.30. The normalized spacial score (nSPS) is 20.1. The minimum Gasteiger partial charge on any atom is -0.497 e. The van der Waals surface area contributed by atoms with E-state index >= 15 is 0 Å². The van der Waals surface area contributed by atoms with Crippen molar-refractivity contribution >= 4 is 0 Å². The van der Waals surface area contributed by atoms with Crippen molar-refractivity contribution in [1.29, 1.82) is 0 Å². The Kier molecular flexibility index (Phi) is 5.40. The van der Waals surface area contributed by atoms with Gasteiger partial charge in [0.25, 0.3) is 0 Å². The molecule has 1 fully saturated rings. The number of benzene rings is 1. The van der Waals surface area contributed by atoms with Crippen LogP contribution >= 0.6 is 0 Å². The lowest BCUT2D eigenvalue weighted by Gasteiger charge is -2.19. The Morgan fingerprint density at radius 1 is 1.40 bits per heavy atom. The maximum Gasteiger partial charge on any atom is 0.119 e. The summed E-state index contributed by atoms with van der Waals surface area (Å²) in [6.07, 6.45) is 2.07. The third-order valence-electron chi connectivity index (χ3n) is 3.87. The zero-order chi connectivity index (χ0) is 14.5. The summed E-state index contributed by atoms with van der Waals surface area (Å²) in [5.41, 5.74) is 3.12. The lowest BCUT2D eigenvalue weighted by atomic mass is 9.97. The van der Waals surface area contributed by atoms with Crippen molar-refractivity contribution in [1.82, 2.24) is 5.32 Å². The van der Waals surface area contributed by atoms with Gasteiger partial charge in [-0.15, -0.1) is 0 Å². The summed E-state index contributed by atoms with van der Waals surface area (Å²) < 4.78 is 10.8. The molecule has 1 aliphatic rings. The number of aliphatic hydroxyl groups is 1. The average Bonchev–Trinajstić information content (AvgIpc) is 2.91. The summed E-state index contributed by atoms with van der Waals surface area (Å²) in [5, 5.41) is 13.7. The molecule has 4 nitrogen and oxygen atoms in total. The van der Waals surface area contributed by atoms with E-state index in [1.165, 1.54) is 0 Å². The number of aliphatic hydroxyl groups excluding tert-OH is 1. The van der Waals surface area contributed by atoms with Gasteiger partial charge in [-0.3, -0.25) is 0 Å². The molecule has 1 aromatic carbocycles. The van der Waals surface area contributed by atoms with E-state index in [2.05, 4.69) is 5.32 Å². The minimum atomic E-state index is -0.498. The van der Waals surface area contributed by atoms with Crippen LogP contribution in [0.15, 0.2) is 12.1 Å². The fourth-order valence-electron chi connectivity index (χ4n) is 2.87. The zero-order valence-electron chi connectivity index (χ0n) is 12.6. The van der Waals surface area contributed by atoms with Gasteiger partial charge in [0.1, 0.15) is 5.75 Å². The van der Waals surface area contributed by atoms with Crippen molar-refractivity contribution < 1.29 is 14.6 Å². The van der Waals surface area contributed by atoms with Crippen LogP contribution in [0.5, 0.6) is 5.75 Å². The Morgan fingerprint density at radius 2 is 2.10 bits per heavy atom. The smallest absolute Gasteiger partial charge is 0.119 e. The van der Waals surface area contributed by atoms with Crippen molar-refractivity contribution in [2.24, 2.45) is 0 Å². The summed E-state index contributed by atoms with van der Waals surface area (Å²) in [7, 11) is 1.66. The van der Waals surface area contributed by atoms with Crippen molar-refractivity contribution in [2.75, 3.05) is 26.8 Å². The number of ether oxygens (including phenoxy) is 2. The molecule has 1 saturated heterocycles. The first-order valence-electron chi connectivity index (χ1n) is 7.27.